The van der Waals surface area contributed by atoms with Crippen LogP contribution in [0.5, 0.6) is 0 Å². The second-order valence-electron chi connectivity index (χ2n) is 19.3. The van der Waals surface area contributed by atoms with E-state index in [9.17, 15) is 22.8 Å². The number of halogens is 3. The first-order valence-electron chi connectivity index (χ1n) is 24.9. The molecule has 2 aromatic carbocycles. The number of hydrogen-bond acceptors (Lipinski definition) is 12. The maximum absolute atomic E-state index is 14.8. The Hall–Kier alpha value is -6.41. The molecule has 3 N–H and O–H groups in total. The van der Waals surface area contributed by atoms with Gasteiger partial charge in [0.05, 0.1) is 25.3 Å². The van der Waals surface area contributed by atoms with Crippen molar-refractivity contribution in [2.24, 2.45) is 7.05 Å². The Kier molecular flexibility index (Phi) is 14.1. The van der Waals surface area contributed by atoms with Crippen LogP contribution in [-0.2, 0) is 31.2 Å². The van der Waals surface area contributed by atoms with E-state index in [1.54, 1.807) is 60.6 Å². The van der Waals surface area contributed by atoms with Gasteiger partial charge in [-0.25, -0.2) is 27.9 Å². The van der Waals surface area contributed by atoms with Gasteiger partial charge in [-0.15, -0.1) is 0 Å². The van der Waals surface area contributed by atoms with E-state index in [1.165, 1.54) is 6.07 Å². The van der Waals surface area contributed by atoms with Gasteiger partial charge in [-0.1, -0.05) is 6.07 Å². The number of nitrogens with one attached hydrogen (secondary N) is 3. The van der Waals surface area contributed by atoms with Crippen LogP contribution >= 0.6 is 0 Å². The number of alkyl halides is 2. The number of fused-ring (bicyclic) bond motifs is 2. The number of benzene rings is 2. The van der Waals surface area contributed by atoms with Gasteiger partial charge in [-0.2, -0.15) is 10.2 Å². The minimum atomic E-state index is -2.68. The molecule has 17 nitrogen and oxygen atoms in total. The zero-order valence-corrected chi connectivity index (χ0v) is 40.2. The molecule has 0 unspecified atom stereocenters. The lowest BCUT2D eigenvalue weighted by Crippen LogP contribution is -2.49. The Balaban J connectivity index is 0.714. The Morgan fingerprint density at radius 1 is 0.886 bits per heavy atom. The van der Waals surface area contributed by atoms with Crippen LogP contribution in [0.15, 0.2) is 61.2 Å². The van der Waals surface area contributed by atoms with E-state index in [1.807, 2.05) is 18.2 Å². The molecule has 0 bridgehead atoms. The molecule has 0 radical (unpaired) electrons. The fourth-order valence-corrected chi connectivity index (χ4v) is 11.1. The van der Waals surface area contributed by atoms with Crippen molar-refractivity contribution in [3.05, 3.63) is 89.4 Å². The summed E-state index contributed by atoms with van der Waals surface area (Å²) >= 11 is 0. The summed E-state index contributed by atoms with van der Waals surface area (Å²) in [5, 5.41) is 19.1. The molecular formula is C50H64F3N15O2. The van der Waals surface area contributed by atoms with Crippen molar-refractivity contribution < 1.29 is 22.8 Å². The summed E-state index contributed by atoms with van der Waals surface area (Å²) in [6.45, 7) is 9.74. The van der Waals surface area contributed by atoms with Gasteiger partial charge in [-0.05, 0) is 80.0 Å². The van der Waals surface area contributed by atoms with Crippen LogP contribution in [0.4, 0.5) is 46.8 Å². The van der Waals surface area contributed by atoms with Crippen LogP contribution in [0, 0.1) is 5.82 Å². The Labute approximate surface area is 407 Å². The number of likely N-dealkylation sites (tertiary alicyclic amines) is 1. The van der Waals surface area contributed by atoms with E-state index in [0.717, 1.165) is 143 Å². The minimum absolute atomic E-state index is 0.0155. The maximum Gasteiger partial charge on any atom is 0.317 e. The van der Waals surface area contributed by atoms with Crippen molar-refractivity contribution in [2.45, 2.75) is 70.0 Å². The fourth-order valence-electron chi connectivity index (χ4n) is 11.1. The average molecular weight is 964 g/mol. The number of anilines is 5. The van der Waals surface area contributed by atoms with Gasteiger partial charge in [0.2, 0.25) is 5.91 Å². The highest BCUT2D eigenvalue weighted by Crippen LogP contribution is 2.44. The standard InChI is InChI=1S/C50H64F3N15O2/c1-54-50(70)66-18-12-43-42(31-66)49(67-15-4-6-34-24-40(35-28-58-61(2)29-35)41(48(52)53)26-44(34)67)60-68(43)38-10-16-63(17-11-38)32-47(69)55-13-19-62-20-22-64(23-21-62)46-27-45(56-33-57-46)59-37-8-5-14-65(30-37)39-9-3-7-36(51)25-39/h3,7,9,24-29,33,37-38,48H,4-6,8,10-23,30-32H2,1-2H3,(H,54,70)(H,55,69)(H,56,57,59)/t37-/m1/s1. The number of piperazine rings is 1. The summed E-state index contributed by atoms with van der Waals surface area (Å²) in [5.41, 5.74) is 5.79. The SMILES string of the molecule is CNC(=O)N1CCc2c(c(N3CCCc4cc(-c5cnn(C)c5)c(C(F)F)cc43)nn2C2CCN(CC(=O)NCCN3CCN(c4cc(N[C@@H]5CCCN(c6cccc(F)c6)C5)ncn4)CC3)CC2)C1. The molecule has 0 aliphatic carbocycles. The van der Waals surface area contributed by atoms with Gasteiger partial charge in [0.25, 0.3) is 6.43 Å². The molecule has 5 aliphatic heterocycles. The third-order valence-corrected chi connectivity index (χ3v) is 14.8. The Morgan fingerprint density at radius 3 is 2.50 bits per heavy atom. The van der Waals surface area contributed by atoms with Gasteiger partial charge in [0.1, 0.15) is 23.8 Å². The summed E-state index contributed by atoms with van der Waals surface area (Å²) < 4.78 is 47.2. The molecule has 3 amide bonds. The number of amides is 3. The van der Waals surface area contributed by atoms with Gasteiger partial charge in [0, 0.05) is 151 Å². The molecule has 3 fully saturated rings. The van der Waals surface area contributed by atoms with Crippen LogP contribution in [0.3, 0.4) is 0 Å². The van der Waals surface area contributed by atoms with Crippen molar-refractivity contribution in [3.8, 4) is 11.1 Å². The first-order valence-corrected chi connectivity index (χ1v) is 24.9. The highest BCUT2D eigenvalue weighted by Gasteiger charge is 2.35. The van der Waals surface area contributed by atoms with Crippen LogP contribution in [0.2, 0.25) is 0 Å². The lowest BCUT2D eigenvalue weighted by Gasteiger charge is -2.36. The quantitative estimate of drug-likeness (QED) is 0.135. The third kappa shape index (κ3) is 10.4. The summed E-state index contributed by atoms with van der Waals surface area (Å²) in [7, 11) is 3.41. The number of urea groups is 1. The fraction of sp³-hybridized carbons (Fsp3) is 0.520. The lowest BCUT2D eigenvalue weighted by atomic mass is 9.92. The van der Waals surface area contributed by atoms with Crippen molar-refractivity contribution in [2.75, 3.05) is 112 Å². The van der Waals surface area contributed by atoms with E-state index in [0.29, 0.717) is 50.3 Å². The van der Waals surface area contributed by atoms with Crippen molar-refractivity contribution in [1.29, 1.82) is 0 Å². The predicted molar refractivity (Wildman–Crippen MR) is 263 cm³/mol. The van der Waals surface area contributed by atoms with E-state index in [2.05, 4.69) is 60.2 Å². The Bertz CT molecular complexity index is 2640. The number of carbonyl (C=O) groups excluding carboxylic acids is 2. The number of piperidine rings is 2. The number of carbonyl (C=O) groups is 2. The zero-order valence-electron chi connectivity index (χ0n) is 40.2. The van der Waals surface area contributed by atoms with Crippen LogP contribution in [0.25, 0.3) is 11.1 Å². The van der Waals surface area contributed by atoms with E-state index in [4.69, 9.17) is 5.10 Å². The molecule has 5 aromatic rings. The molecule has 20 heteroatoms. The molecule has 0 saturated carbocycles. The molecule has 372 valence electrons. The molecular weight excluding hydrogens is 900 g/mol. The van der Waals surface area contributed by atoms with Crippen LogP contribution in [0.1, 0.15) is 67.0 Å². The summed E-state index contributed by atoms with van der Waals surface area (Å²) in [6, 6.07) is 12.5. The molecule has 0 spiro atoms. The molecule has 1 atom stereocenters. The lowest BCUT2D eigenvalue weighted by molar-refractivity contribution is -0.122. The Morgan fingerprint density at radius 2 is 1.73 bits per heavy atom. The van der Waals surface area contributed by atoms with Gasteiger partial charge in [-0.3, -0.25) is 24.0 Å². The predicted octanol–water partition coefficient (Wildman–Crippen LogP) is 5.59. The molecule has 5 aliphatic rings. The van der Waals surface area contributed by atoms with Crippen molar-refractivity contribution in [1.82, 2.24) is 54.9 Å². The van der Waals surface area contributed by atoms with E-state index >= 15 is 0 Å². The highest BCUT2D eigenvalue weighted by molar-refractivity contribution is 5.79. The summed E-state index contributed by atoms with van der Waals surface area (Å²) in [6.07, 6.45) is 8.20. The highest BCUT2D eigenvalue weighted by atomic mass is 19.3. The van der Waals surface area contributed by atoms with Crippen molar-refractivity contribution >= 4 is 40.8 Å². The monoisotopic (exact) mass is 964 g/mol. The average Bonchev–Trinajstić information content (AvgIpc) is 3.99. The second-order valence-corrected chi connectivity index (χ2v) is 19.3. The van der Waals surface area contributed by atoms with Crippen LogP contribution < -0.4 is 30.7 Å². The smallest absolute Gasteiger partial charge is 0.317 e. The molecule has 3 saturated heterocycles. The van der Waals surface area contributed by atoms with E-state index in [-0.39, 0.29) is 35.4 Å². The first kappa shape index (κ1) is 47.3. The van der Waals surface area contributed by atoms with Gasteiger partial charge >= 0.3 is 6.03 Å². The normalized spacial score (nSPS) is 19.3. The molecule has 8 heterocycles. The second kappa shape index (κ2) is 20.9. The zero-order chi connectivity index (χ0) is 48.3. The van der Waals surface area contributed by atoms with Gasteiger partial charge in [0.15, 0.2) is 5.82 Å². The number of aryl methyl sites for hydroxylation is 2. The molecule has 10 rings (SSSR count). The number of aromatic nitrogens is 6. The van der Waals surface area contributed by atoms with Gasteiger partial charge < -0.3 is 35.6 Å². The summed E-state index contributed by atoms with van der Waals surface area (Å²) in [4.78, 5) is 48.2. The van der Waals surface area contributed by atoms with Crippen LogP contribution in [-0.4, -0.2) is 154 Å². The largest absolute Gasteiger partial charge is 0.369 e. The van der Waals surface area contributed by atoms with E-state index < -0.39 is 6.43 Å². The third-order valence-electron chi connectivity index (χ3n) is 14.8. The number of rotatable bonds is 13. The molecule has 70 heavy (non-hydrogen) atoms. The number of nitrogens with zero attached hydrogens (tertiary/aromatic N) is 12. The molecule has 3 aromatic heterocycles. The van der Waals surface area contributed by atoms with Crippen molar-refractivity contribution in [3.63, 3.8) is 0 Å². The summed E-state index contributed by atoms with van der Waals surface area (Å²) in [5.74, 6) is 2.20. The number of hydrogen-bond donors (Lipinski definition) is 3. The maximum atomic E-state index is 14.8. The topological polar surface area (TPSA) is 151 Å². The first-order chi connectivity index (χ1) is 34.1. The minimum Gasteiger partial charge on any atom is -0.369 e.